The monoisotopic (exact) mass is 412 g/mol. The summed E-state index contributed by atoms with van der Waals surface area (Å²) in [6, 6.07) is 37.4. The van der Waals surface area contributed by atoms with Gasteiger partial charge in [0.25, 0.3) is 0 Å². The quantitative estimate of drug-likeness (QED) is 0.293. The van der Waals surface area contributed by atoms with Gasteiger partial charge in [-0.15, -0.1) is 0 Å². The summed E-state index contributed by atoms with van der Waals surface area (Å²) in [4.78, 5) is 6.80. The number of hydrogen-bond donors (Lipinski definition) is 0. The van der Waals surface area contributed by atoms with E-state index in [-0.39, 0.29) is 0 Å². The van der Waals surface area contributed by atoms with E-state index in [1.165, 1.54) is 5.56 Å². The first-order valence-electron chi connectivity index (χ1n) is 10.6. The fourth-order valence-electron chi connectivity index (χ4n) is 4.23. The first kappa shape index (κ1) is 18.4. The van der Waals surface area contributed by atoms with Crippen LogP contribution in [0.25, 0.3) is 33.1 Å². The molecule has 0 amide bonds. The lowest BCUT2D eigenvalue weighted by atomic mass is 10.0. The molecule has 0 aliphatic carbocycles. The molecule has 0 saturated heterocycles. The maximum atomic E-state index is 6.42. The summed E-state index contributed by atoms with van der Waals surface area (Å²) >= 11 is 0. The van der Waals surface area contributed by atoms with Gasteiger partial charge in [0, 0.05) is 28.3 Å². The number of nitrogens with zero attached hydrogens (tertiary/aromatic N) is 2. The summed E-state index contributed by atoms with van der Waals surface area (Å²) < 4.78 is 6.42. The summed E-state index contributed by atoms with van der Waals surface area (Å²) in [5.74, 6) is 0. The molecule has 3 nitrogen and oxygen atoms in total. The Morgan fingerprint density at radius 2 is 1.19 bits per heavy atom. The lowest BCUT2D eigenvalue weighted by molar-refractivity contribution is 0.668. The molecule has 0 bridgehead atoms. The molecule has 0 radical (unpaired) electrons. The first-order chi connectivity index (χ1) is 15.9. The predicted molar refractivity (Wildman–Crippen MR) is 132 cm³/mol. The van der Waals surface area contributed by atoms with Crippen LogP contribution in [0.15, 0.2) is 126 Å². The number of pyridine rings is 1. The highest BCUT2D eigenvalue weighted by Gasteiger charge is 2.19. The second kappa shape index (κ2) is 7.71. The summed E-state index contributed by atoms with van der Waals surface area (Å²) in [6.07, 6.45) is 3.77. The molecule has 6 aromatic rings. The van der Waals surface area contributed by atoms with Crippen LogP contribution in [-0.4, -0.2) is 4.98 Å². The molecule has 0 spiro atoms. The van der Waals surface area contributed by atoms with Crippen molar-refractivity contribution in [2.45, 2.75) is 0 Å². The van der Waals surface area contributed by atoms with Crippen LogP contribution < -0.4 is 4.90 Å². The van der Waals surface area contributed by atoms with E-state index in [1.807, 2.05) is 54.9 Å². The molecule has 0 aliphatic heterocycles. The molecule has 4 aromatic carbocycles. The Morgan fingerprint density at radius 3 is 1.84 bits per heavy atom. The standard InChI is InChI=1S/C29H20N2O/c1-4-10-21(11-5-1)22-16-17-28-25(18-22)26-19-30-20-27(29(26)32-28)31(23-12-6-2-7-13-23)24-14-8-3-9-15-24/h1-20H. The fraction of sp³-hybridized carbons (Fsp3) is 0. The molecule has 0 unspecified atom stereocenters. The van der Waals surface area contributed by atoms with Crippen LogP contribution in [0.1, 0.15) is 0 Å². The number of anilines is 3. The Hall–Kier alpha value is -4.37. The van der Waals surface area contributed by atoms with E-state index >= 15 is 0 Å². The van der Waals surface area contributed by atoms with Crippen molar-refractivity contribution in [3.8, 4) is 11.1 Å². The minimum absolute atomic E-state index is 0.827. The number of fused-ring (bicyclic) bond motifs is 3. The van der Waals surface area contributed by atoms with Crippen molar-refractivity contribution in [3.05, 3.63) is 122 Å². The van der Waals surface area contributed by atoms with Gasteiger partial charge in [0.05, 0.1) is 6.20 Å². The van der Waals surface area contributed by atoms with Gasteiger partial charge in [-0.2, -0.15) is 0 Å². The summed E-state index contributed by atoms with van der Waals surface area (Å²) in [6.45, 7) is 0. The number of furan rings is 1. The van der Waals surface area contributed by atoms with Crippen LogP contribution in [0.4, 0.5) is 17.1 Å². The molecule has 152 valence electrons. The van der Waals surface area contributed by atoms with Crippen molar-refractivity contribution in [1.29, 1.82) is 0 Å². The SMILES string of the molecule is c1ccc(-c2ccc3oc4c(N(c5ccccc5)c5ccccc5)cncc4c3c2)cc1. The Morgan fingerprint density at radius 1 is 0.562 bits per heavy atom. The van der Waals surface area contributed by atoms with Crippen LogP contribution in [0.5, 0.6) is 0 Å². The molecular formula is C29H20N2O. The number of para-hydroxylation sites is 2. The predicted octanol–water partition coefficient (Wildman–Crippen LogP) is 8.12. The molecule has 0 fully saturated rings. The molecule has 32 heavy (non-hydrogen) atoms. The van der Waals surface area contributed by atoms with Gasteiger partial charge in [0.1, 0.15) is 11.3 Å². The average Bonchev–Trinajstić information content (AvgIpc) is 3.25. The smallest absolute Gasteiger partial charge is 0.162 e. The molecule has 0 N–H and O–H groups in total. The Labute approximate surface area is 186 Å². The molecule has 0 aliphatic rings. The molecule has 6 rings (SSSR count). The fourth-order valence-corrected chi connectivity index (χ4v) is 4.23. The van der Waals surface area contributed by atoms with Crippen LogP contribution in [0.3, 0.4) is 0 Å². The Balaban J connectivity index is 1.59. The highest BCUT2D eigenvalue weighted by atomic mass is 16.3. The maximum Gasteiger partial charge on any atom is 0.162 e. The lowest BCUT2D eigenvalue weighted by Gasteiger charge is -2.24. The number of aromatic nitrogens is 1. The van der Waals surface area contributed by atoms with Crippen molar-refractivity contribution in [2.75, 3.05) is 4.90 Å². The summed E-state index contributed by atoms with van der Waals surface area (Å²) in [5.41, 5.74) is 7.05. The van der Waals surface area contributed by atoms with Crippen LogP contribution >= 0.6 is 0 Å². The van der Waals surface area contributed by atoms with Crippen molar-refractivity contribution >= 4 is 39.0 Å². The number of hydrogen-bond acceptors (Lipinski definition) is 3. The third-order valence-electron chi connectivity index (χ3n) is 5.74. The van der Waals surface area contributed by atoms with Gasteiger partial charge in [-0.1, -0.05) is 72.8 Å². The van der Waals surface area contributed by atoms with Gasteiger partial charge in [0.2, 0.25) is 0 Å². The van der Waals surface area contributed by atoms with Crippen molar-refractivity contribution in [2.24, 2.45) is 0 Å². The molecule has 3 heteroatoms. The normalized spacial score (nSPS) is 11.1. The van der Waals surface area contributed by atoms with Crippen LogP contribution in [-0.2, 0) is 0 Å². The average molecular weight is 412 g/mol. The third kappa shape index (κ3) is 3.12. The lowest BCUT2D eigenvalue weighted by Crippen LogP contribution is -2.10. The topological polar surface area (TPSA) is 29.3 Å². The molecule has 0 atom stereocenters. The van der Waals surface area contributed by atoms with Crippen molar-refractivity contribution < 1.29 is 4.42 Å². The third-order valence-corrected chi connectivity index (χ3v) is 5.74. The van der Waals surface area contributed by atoms with Gasteiger partial charge >= 0.3 is 0 Å². The largest absolute Gasteiger partial charge is 0.454 e. The zero-order chi connectivity index (χ0) is 21.3. The molecule has 0 saturated carbocycles. The van der Waals surface area contributed by atoms with Gasteiger partial charge in [-0.25, -0.2) is 0 Å². The van der Waals surface area contributed by atoms with Crippen molar-refractivity contribution in [3.63, 3.8) is 0 Å². The number of benzene rings is 4. The number of rotatable bonds is 4. The molecular weight excluding hydrogens is 392 g/mol. The minimum atomic E-state index is 0.827. The van der Waals surface area contributed by atoms with Crippen LogP contribution in [0, 0.1) is 0 Å². The second-order valence-electron chi connectivity index (χ2n) is 7.72. The van der Waals surface area contributed by atoms with Crippen LogP contribution in [0.2, 0.25) is 0 Å². The van der Waals surface area contributed by atoms with E-state index in [2.05, 4.69) is 76.6 Å². The summed E-state index contributed by atoms with van der Waals surface area (Å²) in [7, 11) is 0. The van der Waals surface area contributed by atoms with Gasteiger partial charge in [-0.05, 0) is 47.5 Å². The zero-order valence-corrected chi connectivity index (χ0v) is 17.3. The maximum absolute atomic E-state index is 6.42. The van der Waals surface area contributed by atoms with E-state index < -0.39 is 0 Å². The Bertz CT molecular complexity index is 1470. The van der Waals surface area contributed by atoms with Gasteiger partial charge < -0.3 is 9.32 Å². The van der Waals surface area contributed by atoms with Gasteiger partial charge in [-0.3, -0.25) is 4.98 Å². The van der Waals surface area contributed by atoms with E-state index in [0.717, 1.165) is 44.6 Å². The van der Waals surface area contributed by atoms with Gasteiger partial charge in [0.15, 0.2) is 5.58 Å². The highest BCUT2D eigenvalue weighted by Crippen LogP contribution is 2.41. The second-order valence-corrected chi connectivity index (χ2v) is 7.72. The summed E-state index contributed by atoms with van der Waals surface area (Å²) in [5, 5.41) is 2.07. The molecule has 2 heterocycles. The molecule has 2 aromatic heterocycles. The van der Waals surface area contributed by atoms with Crippen molar-refractivity contribution in [1.82, 2.24) is 4.98 Å². The van der Waals surface area contributed by atoms with E-state index in [0.29, 0.717) is 0 Å². The van der Waals surface area contributed by atoms with E-state index in [9.17, 15) is 0 Å². The van der Waals surface area contributed by atoms with E-state index in [1.54, 1.807) is 0 Å². The highest BCUT2D eigenvalue weighted by molar-refractivity contribution is 6.10. The zero-order valence-electron chi connectivity index (χ0n) is 17.3. The van der Waals surface area contributed by atoms with E-state index in [4.69, 9.17) is 4.42 Å². The Kier molecular flexibility index (Phi) is 4.43. The first-order valence-corrected chi connectivity index (χ1v) is 10.6. The minimum Gasteiger partial charge on any atom is -0.454 e.